The third-order valence-corrected chi connectivity index (χ3v) is 5.07. The van der Waals surface area contributed by atoms with Gasteiger partial charge < -0.3 is 5.73 Å². The van der Waals surface area contributed by atoms with Gasteiger partial charge in [0.25, 0.3) is 0 Å². The lowest BCUT2D eigenvalue weighted by Crippen LogP contribution is -2.41. The van der Waals surface area contributed by atoms with Crippen LogP contribution in [-0.2, 0) is 0 Å². The largest absolute Gasteiger partial charge is 0.326 e. The molecule has 1 fully saturated rings. The van der Waals surface area contributed by atoms with Crippen LogP contribution >= 0.6 is 0 Å². The molecule has 0 aromatic carbocycles. The van der Waals surface area contributed by atoms with E-state index in [0.29, 0.717) is 6.04 Å². The highest BCUT2D eigenvalue weighted by molar-refractivity contribution is 5.17. The molecule has 0 saturated carbocycles. The normalized spacial score (nSPS) is 23.8. The Kier molecular flexibility index (Phi) is 6.19. The van der Waals surface area contributed by atoms with E-state index in [9.17, 15) is 0 Å². The molecule has 3 unspecified atom stereocenters. The fourth-order valence-corrected chi connectivity index (χ4v) is 3.60. The first kappa shape index (κ1) is 16.4. The topological polar surface area (TPSA) is 42.1 Å². The van der Waals surface area contributed by atoms with Crippen LogP contribution in [0.4, 0.5) is 0 Å². The van der Waals surface area contributed by atoms with Gasteiger partial charge in [-0.1, -0.05) is 20.8 Å². The molecule has 2 rings (SSSR count). The molecule has 21 heavy (non-hydrogen) atoms. The van der Waals surface area contributed by atoms with E-state index in [2.05, 4.69) is 42.8 Å². The van der Waals surface area contributed by atoms with Gasteiger partial charge in [-0.15, -0.1) is 0 Å². The monoisotopic (exact) mass is 289 g/mol. The molecule has 3 atom stereocenters. The molecule has 1 aromatic rings. The quantitative estimate of drug-likeness (QED) is 0.900. The average Bonchev–Trinajstić information content (AvgIpc) is 2.74. The van der Waals surface area contributed by atoms with Crippen molar-refractivity contribution in [2.24, 2.45) is 17.6 Å². The van der Waals surface area contributed by atoms with Crippen LogP contribution in [0.1, 0.15) is 58.1 Å². The van der Waals surface area contributed by atoms with E-state index >= 15 is 0 Å². The Bertz CT molecular complexity index is 404. The van der Waals surface area contributed by atoms with Crippen LogP contribution in [0.2, 0.25) is 0 Å². The van der Waals surface area contributed by atoms with Crippen molar-refractivity contribution in [3.8, 4) is 0 Å². The zero-order valence-corrected chi connectivity index (χ0v) is 13.8. The summed E-state index contributed by atoms with van der Waals surface area (Å²) in [5.41, 5.74) is 7.79. The Morgan fingerprint density at radius 3 is 2.57 bits per heavy atom. The van der Waals surface area contributed by atoms with Gasteiger partial charge in [-0.3, -0.25) is 9.88 Å². The summed E-state index contributed by atoms with van der Waals surface area (Å²) in [7, 11) is 0. The zero-order valence-electron chi connectivity index (χ0n) is 13.8. The molecule has 118 valence electrons. The van der Waals surface area contributed by atoms with Crippen LogP contribution in [-0.4, -0.2) is 29.0 Å². The van der Waals surface area contributed by atoms with Gasteiger partial charge >= 0.3 is 0 Å². The molecular formula is C18H31N3. The Hall–Kier alpha value is -0.930. The Labute approximate surface area is 129 Å². The lowest BCUT2D eigenvalue weighted by Gasteiger charge is -2.35. The fourth-order valence-electron chi connectivity index (χ4n) is 3.60. The maximum Gasteiger partial charge on any atom is 0.0500 e. The van der Waals surface area contributed by atoms with Gasteiger partial charge in [0, 0.05) is 24.5 Å². The molecule has 1 aliphatic rings. The molecule has 0 aliphatic carbocycles. The maximum absolute atomic E-state index is 6.46. The van der Waals surface area contributed by atoms with Crippen molar-refractivity contribution in [1.82, 2.24) is 9.88 Å². The minimum atomic E-state index is 0.197. The molecule has 2 heterocycles. The molecule has 2 N–H and O–H groups in total. The van der Waals surface area contributed by atoms with E-state index in [1.54, 1.807) is 0 Å². The number of nitrogens with two attached hydrogens (primary N) is 1. The fraction of sp³-hybridized carbons (Fsp3) is 0.722. The number of nitrogens with zero attached hydrogens (tertiary/aromatic N) is 2. The van der Waals surface area contributed by atoms with Gasteiger partial charge in [-0.05, 0) is 68.3 Å². The van der Waals surface area contributed by atoms with Gasteiger partial charge in [-0.25, -0.2) is 0 Å². The second kappa shape index (κ2) is 7.90. The van der Waals surface area contributed by atoms with Crippen LogP contribution in [0, 0.1) is 11.8 Å². The van der Waals surface area contributed by atoms with Crippen LogP contribution in [0.25, 0.3) is 0 Å². The van der Waals surface area contributed by atoms with Crippen LogP contribution in [0.15, 0.2) is 24.5 Å². The van der Waals surface area contributed by atoms with Gasteiger partial charge in [0.05, 0.1) is 0 Å². The summed E-state index contributed by atoms with van der Waals surface area (Å²) in [6.45, 7) is 9.25. The molecule has 1 aliphatic heterocycles. The predicted octanol–water partition coefficient (Wildman–Crippen LogP) is 3.62. The molecular weight excluding hydrogens is 258 g/mol. The lowest BCUT2D eigenvalue weighted by atomic mass is 9.89. The van der Waals surface area contributed by atoms with Crippen molar-refractivity contribution < 1.29 is 0 Å². The SMILES string of the molecule is CCC(N)C(c1ccncc1)N1CCCC(C(C)C)CC1. The lowest BCUT2D eigenvalue weighted by molar-refractivity contribution is 0.171. The number of hydrogen-bond acceptors (Lipinski definition) is 3. The highest BCUT2D eigenvalue weighted by Crippen LogP contribution is 2.31. The van der Waals surface area contributed by atoms with E-state index in [4.69, 9.17) is 5.73 Å². The van der Waals surface area contributed by atoms with E-state index < -0.39 is 0 Å². The molecule has 0 bridgehead atoms. The Morgan fingerprint density at radius 2 is 1.95 bits per heavy atom. The van der Waals surface area contributed by atoms with Crippen LogP contribution in [0.5, 0.6) is 0 Å². The standard InChI is InChI=1S/C18H31N3/c1-4-17(19)18(16-7-10-20-11-8-16)21-12-5-6-15(9-13-21)14(2)3/h7-8,10-11,14-15,17-18H,4-6,9,12-13,19H2,1-3H3. The van der Waals surface area contributed by atoms with Crippen molar-refractivity contribution in [2.45, 2.75) is 58.5 Å². The van der Waals surface area contributed by atoms with E-state index in [-0.39, 0.29) is 6.04 Å². The second-order valence-electron chi connectivity index (χ2n) is 6.77. The van der Waals surface area contributed by atoms with Gasteiger partial charge in [0.1, 0.15) is 0 Å². The molecule has 1 saturated heterocycles. The van der Waals surface area contributed by atoms with Gasteiger partial charge in [-0.2, -0.15) is 0 Å². The smallest absolute Gasteiger partial charge is 0.0500 e. The molecule has 0 radical (unpaired) electrons. The predicted molar refractivity (Wildman–Crippen MR) is 89.0 cm³/mol. The van der Waals surface area contributed by atoms with Crippen molar-refractivity contribution in [3.05, 3.63) is 30.1 Å². The van der Waals surface area contributed by atoms with Crippen LogP contribution in [0.3, 0.4) is 0 Å². The van der Waals surface area contributed by atoms with Crippen molar-refractivity contribution in [1.29, 1.82) is 0 Å². The van der Waals surface area contributed by atoms with Crippen LogP contribution < -0.4 is 5.73 Å². The van der Waals surface area contributed by atoms with Crippen molar-refractivity contribution in [2.75, 3.05) is 13.1 Å². The summed E-state index contributed by atoms with van der Waals surface area (Å²) in [6, 6.07) is 4.79. The molecule has 0 spiro atoms. The number of likely N-dealkylation sites (tertiary alicyclic amines) is 1. The number of hydrogen-bond donors (Lipinski definition) is 1. The third-order valence-electron chi connectivity index (χ3n) is 5.07. The first-order chi connectivity index (χ1) is 10.1. The summed E-state index contributed by atoms with van der Waals surface area (Å²) in [5, 5.41) is 0. The zero-order chi connectivity index (χ0) is 15.2. The minimum Gasteiger partial charge on any atom is -0.326 e. The molecule has 3 nitrogen and oxygen atoms in total. The van der Waals surface area contributed by atoms with E-state index in [1.165, 1.54) is 37.9 Å². The third kappa shape index (κ3) is 4.27. The first-order valence-electron chi connectivity index (χ1n) is 8.53. The average molecular weight is 289 g/mol. The Balaban J connectivity index is 2.14. The number of aromatic nitrogens is 1. The van der Waals surface area contributed by atoms with E-state index in [0.717, 1.165) is 18.3 Å². The molecule has 3 heteroatoms. The summed E-state index contributed by atoms with van der Waals surface area (Å²) in [6.07, 6.45) is 8.74. The highest BCUT2D eigenvalue weighted by atomic mass is 15.2. The van der Waals surface area contributed by atoms with E-state index in [1.807, 2.05) is 12.4 Å². The second-order valence-corrected chi connectivity index (χ2v) is 6.77. The summed E-state index contributed by atoms with van der Waals surface area (Å²) in [5.74, 6) is 1.66. The van der Waals surface area contributed by atoms with Crippen molar-refractivity contribution in [3.63, 3.8) is 0 Å². The minimum absolute atomic E-state index is 0.197. The highest BCUT2D eigenvalue weighted by Gasteiger charge is 2.28. The van der Waals surface area contributed by atoms with Gasteiger partial charge in [0.2, 0.25) is 0 Å². The Morgan fingerprint density at radius 1 is 1.24 bits per heavy atom. The summed E-state index contributed by atoms with van der Waals surface area (Å²) in [4.78, 5) is 6.77. The van der Waals surface area contributed by atoms with Crippen molar-refractivity contribution >= 4 is 0 Å². The van der Waals surface area contributed by atoms with Gasteiger partial charge in [0.15, 0.2) is 0 Å². The number of rotatable bonds is 5. The molecule has 1 aromatic heterocycles. The number of pyridine rings is 1. The molecule has 0 amide bonds. The summed E-state index contributed by atoms with van der Waals surface area (Å²) >= 11 is 0. The first-order valence-corrected chi connectivity index (χ1v) is 8.53. The maximum atomic E-state index is 6.46. The summed E-state index contributed by atoms with van der Waals surface area (Å²) < 4.78 is 0.